The SMILES string of the molecule is Nc1cc(Cl)cc(Oc2c(Cl)ccc(CNC(=O)c3cc4cccc(N)c4[nH]3)c2F)c1. The van der Waals surface area contributed by atoms with Crippen LogP contribution < -0.4 is 21.5 Å². The number of carbonyl (C=O) groups excluding carboxylic acids is 1. The van der Waals surface area contributed by atoms with E-state index in [4.69, 9.17) is 39.4 Å². The number of ether oxygens (including phenoxy) is 1. The highest BCUT2D eigenvalue weighted by Gasteiger charge is 2.17. The van der Waals surface area contributed by atoms with E-state index in [-0.39, 0.29) is 28.6 Å². The molecule has 0 aliphatic heterocycles. The zero-order valence-electron chi connectivity index (χ0n) is 16.0. The van der Waals surface area contributed by atoms with Crippen molar-refractivity contribution in [2.75, 3.05) is 11.5 Å². The van der Waals surface area contributed by atoms with Crippen molar-refractivity contribution in [2.24, 2.45) is 0 Å². The zero-order chi connectivity index (χ0) is 22.1. The number of aromatic nitrogens is 1. The van der Waals surface area contributed by atoms with Crippen LogP contribution in [0.15, 0.2) is 54.6 Å². The van der Waals surface area contributed by atoms with E-state index in [1.165, 1.54) is 30.3 Å². The average molecular weight is 459 g/mol. The number of halogens is 3. The van der Waals surface area contributed by atoms with E-state index in [9.17, 15) is 4.79 Å². The fourth-order valence-electron chi connectivity index (χ4n) is 3.14. The van der Waals surface area contributed by atoms with Crippen molar-refractivity contribution >= 4 is 51.4 Å². The fraction of sp³-hybridized carbons (Fsp3) is 0.0455. The molecule has 0 saturated heterocycles. The lowest BCUT2D eigenvalue weighted by molar-refractivity contribution is 0.0946. The minimum Gasteiger partial charge on any atom is -0.453 e. The smallest absolute Gasteiger partial charge is 0.267 e. The largest absolute Gasteiger partial charge is 0.453 e. The van der Waals surface area contributed by atoms with Crippen LogP contribution in [0.5, 0.6) is 11.5 Å². The third-order valence-electron chi connectivity index (χ3n) is 4.62. The van der Waals surface area contributed by atoms with Gasteiger partial charge in [0.25, 0.3) is 5.91 Å². The van der Waals surface area contributed by atoms with Crippen molar-refractivity contribution < 1.29 is 13.9 Å². The van der Waals surface area contributed by atoms with Crippen LogP contribution in [0.3, 0.4) is 0 Å². The Morgan fingerprint density at radius 3 is 2.65 bits per heavy atom. The van der Waals surface area contributed by atoms with Crippen LogP contribution in [0, 0.1) is 5.82 Å². The average Bonchev–Trinajstić information content (AvgIpc) is 3.15. The van der Waals surface area contributed by atoms with E-state index >= 15 is 4.39 Å². The van der Waals surface area contributed by atoms with Crippen LogP contribution in [0.2, 0.25) is 10.0 Å². The van der Waals surface area contributed by atoms with Gasteiger partial charge in [0.2, 0.25) is 0 Å². The number of nitrogens with one attached hydrogen (secondary N) is 2. The van der Waals surface area contributed by atoms with Crippen molar-refractivity contribution in [1.29, 1.82) is 0 Å². The molecule has 6 nitrogen and oxygen atoms in total. The first-order valence-corrected chi connectivity index (χ1v) is 9.93. The molecule has 158 valence electrons. The number of fused-ring (bicyclic) bond motifs is 1. The number of carbonyl (C=O) groups is 1. The van der Waals surface area contributed by atoms with E-state index in [2.05, 4.69) is 10.3 Å². The molecular formula is C22H17Cl2FN4O2. The highest BCUT2D eigenvalue weighted by Crippen LogP contribution is 2.35. The van der Waals surface area contributed by atoms with Crippen LogP contribution in [0.1, 0.15) is 16.1 Å². The Morgan fingerprint density at radius 2 is 1.90 bits per heavy atom. The molecule has 0 aliphatic carbocycles. The second-order valence-electron chi connectivity index (χ2n) is 6.85. The standard InChI is InChI=1S/C22H17Cl2FN4O2/c23-13-7-14(26)9-15(8-13)31-21-16(24)5-4-12(19(21)25)10-28-22(30)18-6-11-2-1-3-17(27)20(11)29-18/h1-9,29H,10,26-27H2,(H,28,30). The van der Waals surface area contributed by atoms with Crippen LogP contribution in [-0.2, 0) is 6.54 Å². The molecule has 6 N–H and O–H groups in total. The van der Waals surface area contributed by atoms with Gasteiger partial charge in [0.15, 0.2) is 11.6 Å². The van der Waals surface area contributed by atoms with Gasteiger partial charge < -0.3 is 26.5 Å². The second kappa shape index (κ2) is 8.37. The summed E-state index contributed by atoms with van der Waals surface area (Å²) < 4.78 is 20.6. The van der Waals surface area contributed by atoms with Gasteiger partial charge in [0.1, 0.15) is 11.4 Å². The van der Waals surface area contributed by atoms with Crippen molar-refractivity contribution in [3.05, 3.63) is 81.7 Å². The number of rotatable bonds is 5. The second-order valence-corrected chi connectivity index (χ2v) is 7.69. The first-order valence-electron chi connectivity index (χ1n) is 9.18. The van der Waals surface area contributed by atoms with Gasteiger partial charge in [-0.1, -0.05) is 41.4 Å². The summed E-state index contributed by atoms with van der Waals surface area (Å²) in [6.07, 6.45) is 0. The molecule has 1 heterocycles. The Kier molecular flexibility index (Phi) is 5.63. The summed E-state index contributed by atoms with van der Waals surface area (Å²) in [7, 11) is 0. The van der Waals surface area contributed by atoms with Gasteiger partial charge in [-0.3, -0.25) is 4.79 Å². The van der Waals surface area contributed by atoms with Gasteiger partial charge in [-0.15, -0.1) is 0 Å². The molecular weight excluding hydrogens is 442 g/mol. The maximum absolute atomic E-state index is 15.0. The van der Waals surface area contributed by atoms with E-state index in [1.807, 2.05) is 6.07 Å². The number of hydrogen-bond donors (Lipinski definition) is 4. The number of benzene rings is 3. The zero-order valence-corrected chi connectivity index (χ0v) is 17.5. The number of anilines is 2. The molecule has 9 heteroatoms. The first kappa shape index (κ1) is 20.8. The molecule has 1 aromatic heterocycles. The molecule has 0 spiro atoms. The number of aromatic amines is 1. The topological polar surface area (TPSA) is 106 Å². The lowest BCUT2D eigenvalue weighted by atomic mass is 10.2. The Morgan fingerprint density at radius 1 is 1.10 bits per heavy atom. The summed E-state index contributed by atoms with van der Waals surface area (Å²) >= 11 is 12.1. The van der Waals surface area contributed by atoms with E-state index in [1.54, 1.807) is 18.2 Å². The number of amides is 1. The number of hydrogen-bond acceptors (Lipinski definition) is 4. The van der Waals surface area contributed by atoms with Gasteiger partial charge in [-0.2, -0.15) is 0 Å². The minimum absolute atomic E-state index is 0.0669. The van der Waals surface area contributed by atoms with Gasteiger partial charge in [-0.25, -0.2) is 4.39 Å². The lowest BCUT2D eigenvalue weighted by Crippen LogP contribution is -2.23. The summed E-state index contributed by atoms with van der Waals surface area (Å²) in [5.41, 5.74) is 13.7. The minimum atomic E-state index is -0.702. The summed E-state index contributed by atoms with van der Waals surface area (Å²) in [5, 5.41) is 3.89. The summed E-state index contributed by atoms with van der Waals surface area (Å²) in [6, 6.07) is 14.5. The van der Waals surface area contributed by atoms with E-state index < -0.39 is 11.7 Å². The van der Waals surface area contributed by atoms with Crippen molar-refractivity contribution in [3.63, 3.8) is 0 Å². The van der Waals surface area contributed by atoms with Gasteiger partial charge in [-0.05, 0) is 30.3 Å². The maximum Gasteiger partial charge on any atom is 0.267 e. The Hall–Kier alpha value is -3.42. The van der Waals surface area contributed by atoms with Gasteiger partial charge in [0.05, 0.1) is 16.2 Å². The molecule has 0 saturated carbocycles. The third-order valence-corrected chi connectivity index (χ3v) is 5.13. The Balaban J connectivity index is 1.54. The first-order chi connectivity index (χ1) is 14.8. The van der Waals surface area contributed by atoms with Crippen molar-refractivity contribution in [3.8, 4) is 11.5 Å². The van der Waals surface area contributed by atoms with Crippen LogP contribution in [-0.4, -0.2) is 10.9 Å². The molecule has 3 aromatic carbocycles. The monoisotopic (exact) mass is 458 g/mol. The van der Waals surface area contributed by atoms with Gasteiger partial charge in [0, 0.05) is 34.3 Å². The predicted molar refractivity (Wildman–Crippen MR) is 121 cm³/mol. The highest BCUT2D eigenvalue weighted by atomic mass is 35.5. The predicted octanol–water partition coefficient (Wildman–Crippen LogP) is 5.50. The molecule has 0 atom stereocenters. The molecule has 0 unspecified atom stereocenters. The van der Waals surface area contributed by atoms with Crippen molar-refractivity contribution in [1.82, 2.24) is 10.3 Å². The van der Waals surface area contributed by atoms with Crippen molar-refractivity contribution in [2.45, 2.75) is 6.54 Å². The number of nitrogens with two attached hydrogens (primary N) is 2. The normalized spacial score (nSPS) is 10.9. The summed E-state index contributed by atoms with van der Waals surface area (Å²) in [4.78, 5) is 15.5. The molecule has 31 heavy (non-hydrogen) atoms. The molecule has 0 bridgehead atoms. The molecule has 1 amide bonds. The van der Waals surface area contributed by atoms with Crippen LogP contribution >= 0.6 is 23.2 Å². The Labute approximate surface area is 186 Å². The molecule has 0 radical (unpaired) electrons. The van der Waals surface area contributed by atoms with Gasteiger partial charge >= 0.3 is 0 Å². The van der Waals surface area contributed by atoms with E-state index in [0.29, 0.717) is 27.6 Å². The lowest BCUT2D eigenvalue weighted by Gasteiger charge is -2.13. The van der Waals surface area contributed by atoms with Crippen LogP contribution in [0.25, 0.3) is 10.9 Å². The quantitative estimate of drug-likeness (QED) is 0.296. The van der Waals surface area contributed by atoms with E-state index in [0.717, 1.165) is 5.39 Å². The number of para-hydroxylation sites is 1. The number of H-pyrrole nitrogens is 1. The summed E-state index contributed by atoms with van der Waals surface area (Å²) in [5.74, 6) is -1.06. The highest BCUT2D eigenvalue weighted by molar-refractivity contribution is 6.32. The molecule has 4 aromatic rings. The number of nitrogen functional groups attached to an aromatic ring is 2. The molecule has 0 fully saturated rings. The van der Waals surface area contributed by atoms with Crippen LogP contribution in [0.4, 0.5) is 15.8 Å². The summed E-state index contributed by atoms with van der Waals surface area (Å²) in [6.45, 7) is -0.0826. The maximum atomic E-state index is 15.0. The fourth-order valence-corrected chi connectivity index (χ4v) is 3.56. The molecule has 4 rings (SSSR count). The third kappa shape index (κ3) is 4.38. The molecule has 0 aliphatic rings. The Bertz CT molecular complexity index is 1290.